The molecular formula is C19H14F4N4S. The highest BCUT2D eigenvalue weighted by molar-refractivity contribution is 7.12. The summed E-state index contributed by atoms with van der Waals surface area (Å²) in [5, 5.41) is 15.9. The van der Waals surface area contributed by atoms with Crippen LogP contribution in [0.5, 0.6) is 0 Å². The average molecular weight is 406 g/mol. The van der Waals surface area contributed by atoms with E-state index in [4.69, 9.17) is 0 Å². The molecule has 1 N–H and O–H groups in total. The first kappa shape index (κ1) is 18.7. The molecule has 1 aliphatic heterocycles. The van der Waals surface area contributed by atoms with E-state index in [0.717, 1.165) is 21.2 Å². The van der Waals surface area contributed by atoms with Gasteiger partial charge in [-0.2, -0.15) is 23.5 Å². The summed E-state index contributed by atoms with van der Waals surface area (Å²) in [7, 11) is 1.37. The van der Waals surface area contributed by atoms with Crippen LogP contribution in [0.25, 0.3) is 11.1 Å². The van der Waals surface area contributed by atoms with E-state index < -0.39 is 17.7 Å². The molecule has 144 valence electrons. The van der Waals surface area contributed by atoms with Gasteiger partial charge in [-0.05, 0) is 23.3 Å². The molecule has 1 atom stereocenters. The highest BCUT2D eigenvalue weighted by atomic mass is 32.1. The molecule has 4 rings (SSSR count). The van der Waals surface area contributed by atoms with Gasteiger partial charge in [-0.3, -0.25) is 4.68 Å². The SMILES string of the molecule is Cn1cc(-c2c(F)cccc2[C@@H]2CNCc3sc(C#N)cc32)c(C(F)(F)F)n1. The van der Waals surface area contributed by atoms with E-state index in [-0.39, 0.29) is 17.0 Å². The Hall–Kier alpha value is -2.70. The fourth-order valence-corrected chi connectivity index (χ4v) is 4.63. The van der Waals surface area contributed by atoms with Gasteiger partial charge >= 0.3 is 6.18 Å². The summed E-state index contributed by atoms with van der Waals surface area (Å²) in [5.74, 6) is -1.10. The van der Waals surface area contributed by atoms with E-state index in [9.17, 15) is 22.8 Å². The number of nitriles is 1. The maximum atomic E-state index is 14.8. The van der Waals surface area contributed by atoms with Gasteiger partial charge in [0.15, 0.2) is 5.69 Å². The van der Waals surface area contributed by atoms with Crippen LogP contribution in [0.2, 0.25) is 0 Å². The van der Waals surface area contributed by atoms with E-state index >= 15 is 0 Å². The predicted molar refractivity (Wildman–Crippen MR) is 96.2 cm³/mol. The lowest BCUT2D eigenvalue weighted by atomic mass is 9.84. The van der Waals surface area contributed by atoms with Gasteiger partial charge in [0.2, 0.25) is 0 Å². The number of nitrogens with zero attached hydrogens (tertiary/aromatic N) is 3. The molecule has 1 aliphatic rings. The number of fused-ring (bicyclic) bond motifs is 1. The first-order chi connectivity index (χ1) is 13.3. The van der Waals surface area contributed by atoms with E-state index in [2.05, 4.69) is 16.5 Å². The number of hydrogen-bond donors (Lipinski definition) is 1. The molecule has 1 aromatic carbocycles. The number of benzene rings is 1. The normalized spacial score (nSPS) is 16.6. The summed E-state index contributed by atoms with van der Waals surface area (Å²) < 4.78 is 56.4. The van der Waals surface area contributed by atoms with Crippen LogP contribution < -0.4 is 5.32 Å². The van der Waals surface area contributed by atoms with Crippen LogP contribution in [0.4, 0.5) is 17.6 Å². The van der Waals surface area contributed by atoms with Crippen molar-refractivity contribution in [2.24, 2.45) is 7.05 Å². The summed E-state index contributed by atoms with van der Waals surface area (Å²) in [6, 6.07) is 8.12. The Labute approximate surface area is 162 Å². The van der Waals surface area contributed by atoms with Gasteiger partial charge < -0.3 is 5.32 Å². The number of hydrogen-bond acceptors (Lipinski definition) is 4. The molecular weight excluding hydrogens is 392 g/mol. The van der Waals surface area contributed by atoms with Crippen molar-refractivity contribution >= 4 is 11.3 Å². The quantitative estimate of drug-likeness (QED) is 0.642. The molecule has 28 heavy (non-hydrogen) atoms. The van der Waals surface area contributed by atoms with Crippen LogP contribution in [0.15, 0.2) is 30.5 Å². The molecule has 2 aromatic heterocycles. The van der Waals surface area contributed by atoms with E-state index in [1.54, 1.807) is 12.1 Å². The third kappa shape index (κ3) is 3.08. The van der Waals surface area contributed by atoms with E-state index in [0.29, 0.717) is 23.5 Å². The number of rotatable bonds is 2. The maximum Gasteiger partial charge on any atom is 0.435 e. The second-order valence-corrected chi connectivity index (χ2v) is 7.69. The summed E-state index contributed by atoms with van der Waals surface area (Å²) in [5.41, 5.74) is -0.217. The first-order valence-electron chi connectivity index (χ1n) is 8.42. The van der Waals surface area contributed by atoms with Crippen LogP contribution >= 0.6 is 11.3 Å². The zero-order valence-electron chi connectivity index (χ0n) is 14.6. The largest absolute Gasteiger partial charge is 0.435 e. The molecule has 0 fully saturated rings. The molecule has 0 spiro atoms. The van der Waals surface area contributed by atoms with Crippen molar-refractivity contribution in [3.63, 3.8) is 0 Å². The molecule has 4 nitrogen and oxygen atoms in total. The van der Waals surface area contributed by atoms with Crippen LogP contribution in [0.3, 0.4) is 0 Å². The van der Waals surface area contributed by atoms with Crippen LogP contribution in [-0.4, -0.2) is 16.3 Å². The van der Waals surface area contributed by atoms with Crippen molar-refractivity contribution in [3.8, 4) is 17.2 Å². The number of aryl methyl sites for hydroxylation is 1. The second-order valence-electron chi connectivity index (χ2n) is 6.55. The molecule has 0 saturated carbocycles. The Bertz CT molecular complexity index is 1090. The van der Waals surface area contributed by atoms with Gasteiger partial charge in [0.05, 0.1) is 0 Å². The highest BCUT2D eigenvalue weighted by Crippen LogP contribution is 2.43. The van der Waals surface area contributed by atoms with Gasteiger partial charge in [-0.25, -0.2) is 4.39 Å². The molecule has 0 unspecified atom stereocenters. The maximum absolute atomic E-state index is 14.8. The van der Waals surface area contributed by atoms with Crippen molar-refractivity contribution in [1.82, 2.24) is 15.1 Å². The van der Waals surface area contributed by atoms with Crippen molar-refractivity contribution in [3.05, 3.63) is 62.9 Å². The number of aromatic nitrogens is 2. The molecule has 0 saturated heterocycles. The Morgan fingerprint density at radius 1 is 1.32 bits per heavy atom. The third-order valence-electron chi connectivity index (χ3n) is 4.75. The monoisotopic (exact) mass is 406 g/mol. The molecule has 0 aliphatic carbocycles. The minimum atomic E-state index is -4.71. The average Bonchev–Trinajstić information content (AvgIpc) is 3.24. The van der Waals surface area contributed by atoms with Crippen LogP contribution in [0, 0.1) is 17.1 Å². The first-order valence-corrected chi connectivity index (χ1v) is 9.24. The molecule has 0 amide bonds. The second kappa shape index (κ2) is 6.72. The Morgan fingerprint density at radius 2 is 2.11 bits per heavy atom. The molecule has 3 heterocycles. The number of alkyl halides is 3. The third-order valence-corrected chi connectivity index (χ3v) is 5.80. The van der Waals surface area contributed by atoms with Crippen molar-refractivity contribution < 1.29 is 17.6 Å². The van der Waals surface area contributed by atoms with E-state index in [1.165, 1.54) is 30.6 Å². The summed E-state index contributed by atoms with van der Waals surface area (Å²) >= 11 is 1.34. The predicted octanol–water partition coefficient (Wildman–Crippen LogP) is 4.41. The van der Waals surface area contributed by atoms with Gasteiger partial charge in [0.1, 0.15) is 16.8 Å². The molecule has 3 aromatic rings. The fourth-order valence-electron chi connectivity index (χ4n) is 3.64. The van der Waals surface area contributed by atoms with Gasteiger partial charge in [-0.15, -0.1) is 11.3 Å². The summed E-state index contributed by atoms with van der Waals surface area (Å²) in [4.78, 5) is 1.46. The van der Waals surface area contributed by atoms with Gasteiger partial charge in [-0.1, -0.05) is 12.1 Å². The fraction of sp³-hybridized carbons (Fsp3) is 0.263. The summed E-state index contributed by atoms with van der Waals surface area (Å²) in [6.45, 7) is 1.01. The minimum Gasteiger partial charge on any atom is -0.311 e. The Kier molecular flexibility index (Phi) is 4.48. The smallest absolute Gasteiger partial charge is 0.311 e. The number of nitrogens with one attached hydrogen (secondary N) is 1. The number of halogens is 4. The van der Waals surface area contributed by atoms with Crippen molar-refractivity contribution in [2.75, 3.05) is 6.54 Å². The topological polar surface area (TPSA) is 53.6 Å². The molecule has 0 bridgehead atoms. The lowest BCUT2D eigenvalue weighted by Crippen LogP contribution is -2.28. The number of thiophene rings is 1. The van der Waals surface area contributed by atoms with E-state index in [1.807, 2.05) is 0 Å². The van der Waals surface area contributed by atoms with Crippen LogP contribution in [0.1, 0.15) is 32.5 Å². The van der Waals surface area contributed by atoms with Crippen molar-refractivity contribution in [1.29, 1.82) is 5.26 Å². The highest BCUT2D eigenvalue weighted by Gasteiger charge is 2.39. The Morgan fingerprint density at radius 3 is 2.82 bits per heavy atom. The zero-order chi connectivity index (χ0) is 20.1. The lowest BCUT2D eigenvalue weighted by molar-refractivity contribution is -0.141. The minimum absolute atomic E-state index is 0.104. The van der Waals surface area contributed by atoms with Gasteiger partial charge in [0, 0.05) is 48.3 Å². The molecule has 9 heteroatoms. The molecule has 0 radical (unpaired) electrons. The Balaban J connectivity index is 1.93. The van der Waals surface area contributed by atoms with Crippen LogP contribution in [-0.2, 0) is 19.8 Å². The van der Waals surface area contributed by atoms with Crippen molar-refractivity contribution in [2.45, 2.75) is 18.6 Å². The zero-order valence-corrected chi connectivity index (χ0v) is 15.5. The summed E-state index contributed by atoms with van der Waals surface area (Å²) in [6.07, 6.45) is -3.52. The lowest BCUT2D eigenvalue weighted by Gasteiger charge is -2.26. The standard InChI is InChI=1S/C19H14F4N4S/c1-27-9-14(18(26-27)19(21,22)23)17-11(3-2-4-15(17)20)13-7-25-8-16-12(13)5-10(6-24)28-16/h2-5,9,13,25H,7-8H2,1H3/t13-/m0/s1. The van der Waals surface area contributed by atoms with Gasteiger partial charge in [0.25, 0.3) is 0 Å².